The zero-order valence-corrected chi connectivity index (χ0v) is 12.6. The van der Waals surface area contributed by atoms with E-state index in [4.69, 9.17) is 0 Å². The van der Waals surface area contributed by atoms with Gasteiger partial charge in [-0.15, -0.1) is 0 Å². The third-order valence-electron chi connectivity index (χ3n) is 4.14. The Kier molecular flexibility index (Phi) is 3.69. The minimum Gasteiger partial charge on any atom is -0.354 e. The van der Waals surface area contributed by atoms with E-state index in [1.807, 2.05) is 6.07 Å². The second kappa shape index (κ2) is 5.33. The first-order valence-electron chi connectivity index (χ1n) is 7.28. The fraction of sp³-hybridized carbons (Fsp3) is 0.643. The molecule has 2 fully saturated rings. The van der Waals surface area contributed by atoms with Crippen LogP contribution in [-0.2, 0) is 10.0 Å². The smallest absolute Gasteiger partial charge is 0.242 e. The van der Waals surface area contributed by atoms with Gasteiger partial charge in [-0.3, -0.25) is 0 Å². The average Bonchev–Trinajstić information content (AvgIpc) is 3.18. The van der Waals surface area contributed by atoms with Crippen molar-refractivity contribution in [3.63, 3.8) is 0 Å². The summed E-state index contributed by atoms with van der Waals surface area (Å²) in [6, 6.07) is 3.95. The Bertz CT molecular complexity index is 567. The Hall–Kier alpha value is -1.14. The molecule has 110 valence electrons. The average molecular weight is 295 g/mol. The molecule has 3 rings (SSSR count). The van der Waals surface area contributed by atoms with Crippen LogP contribution in [0, 0.1) is 5.92 Å². The van der Waals surface area contributed by atoms with Crippen LogP contribution < -0.4 is 9.62 Å². The van der Waals surface area contributed by atoms with E-state index in [0.29, 0.717) is 18.5 Å². The second-order valence-corrected chi connectivity index (χ2v) is 7.60. The van der Waals surface area contributed by atoms with E-state index in [1.165, 1.54) is 19.0 Å². The number of hydrogen-bond donors (Lipinski definition) is 1. The fourth-order valence-electron chi connectivity index (χ4n) is 2.61. The molecule has 1 atom stereocenters. The van der Waals surface area contributed by atoms with E-state index in [2.05, 4.69) is 21.5 Å². The topological polar surface area (TPSA) is 62.3 Å². The van der Waals surface area contributed by atoms with Crippen molar-refractivity contribution in [2.45, 2.75) is 43.5 Å². The molecule has 2 aliphatic rings. The molecule has 0 bridgehead atoms. The molecule has 1 saturated carbocycles. The van der Waals surface area contributed by atoms with Gasteiger partial charge in [-0.05, 0) is 50.7 Å². The quantitative estimate of drug-likeness (QED) is 0.899. The zero-order valence-electron chi connectivity index (χ0n) is 11.7. The molecule has 5 nitrogen and oxygen atoms in total. The molecule has 1 aromatic rings. The third kappa shape index (κ3) is 2.96. The molecule has 1 aliphatic carbocycles. The lowest BCUT2D eigenvalue weighted by atomic mass is 10.2. The highest BCUT2D eigenvalue weighted by Gasteiger charge is 2.25. The summed E-state index contributed by atoms with van der Waals surface area (Å²) >= 11 is 0. The lowest BCUT2D eigenvalue weighted by molar-refractivity contribution is 0.577. The van der Waals surface area contributed by atoms with Crippen molar-refractivity contribution >= 4 is 15.8 Å². The first-order chi connectivity index (χ1) is 9.56. The van der Waals surface area contributed by atoms with Gasteiger partial charge in [0.25, 0.3) is 0 Å². The minimum atomic E-state index is -3.40. The summed E-state index contributed by atoms with van der Waals surface area (Å²) in [4.78, 5) is 6.82. The first-order valence-corrected chi connectivity index (χ1v) is 8.77. The van der Waals surface area contributed by atoms with Crippen LogP contribution in [0.5, 0.6) is 0 Å². The van der Waals surface area contributed by atoms with Crippen molar-refractivity contribution in [1.82, 2.24) is 9.71 Å². The summed E-state index contributed by atoms with van der Waals surface area (Å²) in [5.41, 5.74) is 0. The number of anilines is 1. The highest BCUT2D eigenvalue weighted by atomic mass is 32.2. The van der Waals surface area contributed by atoms with Gasteiger partial charge in [-0.1, -0.05) is 0 Å². The van der Waals surface area contributed by atoms with Gasteiger partial charge in [0.15, 0.2) is 0 Å². The summed E-state index contributed by atoms with van der Waals surface area (Å²) in [6.45, 7) is 3.73. The molecule has 2 heterocycles. The van der Waals surface area contributed by atoms with Gasteiger partial charge in [-0.25, -0.2) is 18.1 Å². The van der Waals surface area contributed by atoms with Gasteiger partial charge < -0.3 is 4.90 Å². The van der Waals surface area contributed by atoms with Gasteiger partial charge in [0, 0.05) is 25.3 Å². The first kappa shape index (κ1) is 13.8. The Morgan fingerprint density at radius 1 is 1.35 bits per heavy atom. The molecular weight excluding hydrogens is 274 g/mol. The SMILES string of the molecule is CC1CCCN1c1ccc(S(=O)(=O)NCC2CC2)cn1. The van der Waals surface area contributed by atoms with Crippen molar-refractivity contribution in [3.8, 4) is 0 Å². The van der Waals surface area contributed by atoms with Crippen LogP contribution in [0.4, 0.5) is 5.82 Å². The maximum absolute atomic E-state index is 12.1. The number of pyridine rings is 1. The number of hydrogen-bond acceptors (Lipinski definition) is 4. The monoisotopic (exact) mass is 295 g/mol. The van der Waals surface area contributed by atoms with Crippen LogP contribution in [-0.4, -0.2) is 32.5 Å². The van der Waals surface area contributed by atoms with Crippen LogP contribution in [0.25, 0.3) is 0 Å². The Labute approximate surface area is 120 Å². The van der Waals surface area contributed by atoms with E-state index in [0.717, 1.165) is 25.2 Å². The molecule has 0 aromatic carbocycles. The van der Waals surface area contributed by atoms with Crippen LogP contribution in [0.1, 0.15) is 32.6 Å². The zero-order chi connectivity index (χ0) is 14.2. The second-order valence-electron chi connectivity index (χ2n) is 5.83. The predicted molar refractivity (Wildman–Crippen MR) is 78.2 cm³/mol. The molecule has 0 amide bonds. The summed E-state index contributed by atoms with van der Waals surface area (Å²) in [7, 11) is -3.40. The molecule has 6 heteroatoms. The van der Waals surface area contributed by atoms with E-state index < -0.39 is 10.0 Å². The minimum absolute atomic E-state index is 0.258. The van der Waals surface area contributed by atoms with Crippen LogP contribution >= 0.6 is 0 Å². The van der Waals surface area contributed by atoms with E-state index in [-0.39, 0.29) is 4.90 Å². The Morgan fingerprint density at radius 2 is 2.15 bits per heavy atom. The van der Waals surface area contributed by atoms with Gasteiger partial charge in [0.1, 0.15) is 10.7 Å². The Morgan fingerprint density at radius 3 is 2.70 bits per heavy atom. The van der Waals surface area contributed by atoms with Crippen LogP contribution in [0.15, 0.2) is 23.2 Å². The molecule has 20 heavy (non-hydrogen) atoms. The highest BCUT2D eigenvalue weighted by Crippen LogP contribution is 2.28. The number of nitrogens with zero attached hydrogens (tertiary/aromatic N) is 2. The number of nitrogens with one attached hydrogen (secondary N) is 1. The summed E-state index contributed by atoms with van der Waals surface area (Å²) in [6.07, 6.45) is 6.07. The van der Waals surface area contributed by atoms with E-state index >= 15 is 0 Å². The lowest BCUT2D eigenvalue weighted by Gasteiger charge is -2.22. The van der Waals surface area contributed by atoms with Gasteiger partial charge in [0.2, 0.25) is 10.0 Å². The fourth-order valence-corrected chi connectivity index (χ4v) is 3.67. The van der Waals surface area contributed by atoms with Crippen molar-refractivity contribution < 1.29 is 8.42 Å². The number of aromatic nitrogens is 1. The summed E-state index contributed by atoms with van der Waals surface area (Å²) in [5.74, 6) is 1.40. The van der Waals surface area contributed by atoms with Crippen LogP contribution in [0.3, 0.4) is 0 Å². The van der Waals surface area contributed by atoms with Gasteiger partial charge in [0.05, 0.1) is 0 Å². The summed E-state index contributed by atoms with van der Waals surface area (Å²) < 4.78 is 26.8. The summed E-state index contributed by atoms with van der Waals surface area (Å²) in [5, 5.41) is 0. The molecule has 0 spiro atoms. The molecule has 1 N–H and O–H groups in total. The number of sulfonamides is 1. The molecular formula is C14H21N3O2S. The van der Waals surface area contributed by atoms with E-state index in [1.54, 1.807) is 6.07 Å². The molecule has 1 unspecified atom stereocenters. The number of rotatable bonds is 5. The third-order valence-corrected chi connectivity index (χ3v) is 5.55. The van der Waals surface area contributed by atoms with Gasteiger partial charge in [-0.2, -0.15) is 0 Å². The van der Waals surface area contributed by atoms with Crippen molar-refractivity contribution in [2.24, 2.45) is 5.92 Å². The molecule has 1 aliphatic heterocycles. The van der Waals surface area contributed by atoms with Crippen molar-refractivity contribution in [1.29, 1.82) is 0 Å². The van der Waals surface area contributed by atoms with E-state index in [9.17, 15) is 8.42 Å². The molecule has 0 radical (unpaired) electrons. The molecule has 1 saturated heterocycles. The van der Waals surface area contributed by atoms with Crippen molar-refractivity contribution in [3.05, 3.63) is 18.3 Å². The largest absolute Gasteiger partial charge is 0.354 e. The normalized spacial score (nSPS) is 23.2. The maximum atomic E-state index is 12.1. The van der Waals surface area contributed by atoms with Crippen LogP contribution in [0.2, 0.25) is 0 Å². The lowest BCUT2D eigenvalue weighted by Crippen LogP contribution is -2.28. The Balaban J connectivity index is 1.71. The highest BCUT2D eigenvalue weighted by molar-refractivity contribution is 7.89. The van der Waals surface area contributed by atoms with Gasteiger partial charge >= 0.3 is 0 Å². The molecule has 1 aromatic heterocycles. The maximum Gasteiger partial charge on any atom is 0.242 e. The predicted octanol–water partition coefficient (Wildman–Crippen LogP) is 1.76. The standard InChI is InChI=1S/C14H21N3O2S/c1-11-3-2-8-17(11)14-7-6-13(10-15-14)20(18,19)16-9-12-4-5-12/h6-7,10-12,16H,2-5,8-9H2,1H3. The van der Waals surface area contributed by atoms with Crippen molar-refractivity contribution in [2.75, 3.05) is 18.0 Å².